The molecule has 0 saturated carbocycles. The molecule has 2 fully saturated rings. The number of nitriles is 1. The molecule has 0 spiro atoms. The zero-order valence-electron chi connectivity index (χ0n) is 11.8. The molecule has 4 atom stereocenters. The molecule has 6 nitrogen and oxygen atoms in total. The maximum atomic E-state index is 9.86. The van der Waals surface area contributed by atoms with Crippen molar-refractivity contribution in [1.29, 1.82) is 5.26 Å². The molecule has 0 unspecified atom stereocenters. The summed E-state index contributed by atoms with van der Waals surface area (Å²) in [7, 11) is 0. The van der Waals surface area contributed by atoms with E-state index in [1.807, 2.05) is 29.0 Å². The summed E-state index contributed by atoms with van der Waals surface area (Å²) in [5.41, 5.74) is 1.48. The van der Waals surface area contributed by atoms with Gasteiger partial charge in [-0.1, -0.05) is 12.1 Å². The predicted octanol–water partition coefficient (Wildman–Crippen LogP) is 1.12. The van der Waals surface area contributed by atoms with Gasteiger partial charge in [0.05, 0.1) is 30.9 Å². The fourth-order valence-electron chi connectivity index (χ4n) is 3.23. The van der Waals surface area contributed by atoms with Gasteiger partial charge in [0.2, 0.25) is 0 Å². The fourth-order valence-corrected chi connectivity index (χ4v) is 3.23. The Hall–Kier alpha value is -2.20. The topological polar surface area (TPSA) is 80.3 Å². The average Bonchev–Trinajstić information content (AvgIpc) is 3.25. The lowest BCUT2D eigenvalue weighted by atomic mass is 10.1. The van der Waals surface area contributed by atoms with Crippen molar-refractivity contribution in [2.24, 2.45) is 0 Å². The minimum atomic E-state index is -0.566. The maximum absolute atomic E-state index is 9.86. The Morgan fingerprint density at radius 2 is 2.14 bits per heavy atom. The van der Waals surface area contributed by atoms with E-state index >= 15 is 0 Å². The standard InChI is InChI=1S/C16H15N3O3/c17-7-10-2-1-3-11(6-10)16-18-4-5-19(16)12-8-21-15-13(20)9-22-14(12)15/h1-6,12-15,20H,8-9H2/t12-,13+,14+,15+/m0/s1. The molecule has 1 aromatic heterocycles. The smallest absolute Gasteiger partial charge is 0.140 e. The summed E-state index contributed by atoms with van der Waals surface area (Å²) in [6, 6.07) is 9.47. The molecule has 2 aromatic rings. The Balaban J connectivity index is 1.70. The van der Waals surface area contributed by atoms with Crippen LogP contribution in [0.2, 0.25) is 0 Å². The first-order valence-electron chi connectivity index (χ1n) is 7.22. The van der Waals surface area contributed by atoms with Gasteiger partial charge in [0.15, 0.2) is 0 Å². The van der Waals surface area contributed by atoms with Gasteiger partial charge in [-0.2, -0.15) is 5.26 Å². The van der Waals surface area contributed by atoms with E-state index in [2.05, 4.69) is 11.1 Å². The molecule has 2 aliphatic heterocycles. The van der Waals surface area contributed by atoms with Crippen LogP contribution in [-0.2, 0) is 9.47 Å². The Bertz CT molecular complexity index is 736. The largest absolute Gasteiger partial charge is 0.388 e. The lowest BCUT2D eigenvalue weighted by Gasteiger charge is -2.19. The quantitative estimate of drug-likeness (QED) is 0.898. The van der Waals surface area contributed by atoms with Crippen LogP contribution >= 0.6 is 0 Å². The van der Waals surface area contributed by atoms with E-state index in [0.29, 0.717) is 18.8 Å². The van der Waals surface area contributed by atoms with Crippen molar-refractivity contribution >= 4 is 0 Å². The van der Waals surface area contributed by atoms with Crippen LogP contribution in [-0.4, -0.2) is 46.2 Å². The fraction of sp³-hybridized carbons (Fsp3) is 0.375. The Labute approximate surface area is 127 Å². The first kappa shape index (κ1) is 13.5. The van der Waals surface area contributed by atoms with Crippen molar-refractivity contribution in [3.63, 3.8) is 0 Å². The molecule has 6 heteroatoms. The number of ether oxygens (including phenoxy) is 2. The second kappa shape index (κ2) is 5.21. The number of aliphatic hydroxyl groups excluding tert-OH is 1. The molecule has 3 heterocycles. The van der Waals surface area contributed by atoms with Gasteiger partial charge in [0.1, 0.15) is 24.1 Å². The summed E-state index contributed by atoms with van der Waals surface area (Å²) >= 11 is 0. The summed E-state index contributed by atoms with van der Waals surface area (Å²) in [6.45, 7) is 0.785. The summed E-state index contributed by atoms with van der Waals surface area (Å²) in [4.78, 5) is 4.42. The highest BCUT2D eigenvalue weighted by atomic mass is 16.6. The van der Waals surface area contributed by atoms with Gasteiger partial charge in [-0.05, 0) is 12.1 Å². The third-order valence-electron chi connectivity index (χ3n) is 4.28. The normalized spacial score (nSPS) is 30.2. The van der Waals surface area contributed by atoms with Gasteiger partial charge >= 0.3 is 0 Å². The molecular weight excluding hydrogens is 282 g/mol. The van der Waals surface area contributed by atoms with E-state index in [-0.39, 0.29) is 18.2 Å². The van der Waals surface area contributed by atoms with Crippen LogP contribution in [0.1, 0.15) is 11.6 Å². The number of imidazole rings is 1. The monoisotopic (exact) mass is 297 g/mol. The molecule has 0 radical (unpaired) electrons. The maximum Gasteiger partial charge on any atom is 0.140 e. The molecule has 0 aliphatic carbocycles. The number of benzene rings is 1. The van der Waals surface area contributed by atoms with Gasteiger partial charge in [0, 0.05) is 18.0 Å². The van der Waals surface area contributed by atoms with Crippen molar-refractivity contribution in [2.45, 2.75) is 24.4 Å². The third kappa shape index (κ3) is 2.03. The van der Waals surface area contributed by atoms with Gasteiger partial charge in [-0.25, -0.2) is 4.98 Å². The minimum Gasteiger partial charge on any atom is -0.388 e. The van der Waals surface area contributed by atoms with Crippen LogP contribution in [0.25, 0.3) is 11.4 Å². The molecule has 22 heavy (non-hydrogen) atoms. The van der Waals surface area contributed by atoms with Gasteiger partial charge < -0.3 is 19.1 Å². The Kier molecular flexibility index (Phi) is 3.19. The zero-order valence-corrected chi connectivity index (χ0v) is 11.8. The molecule has 2 saturated heterocycles. The highest BCUT2D eigenvalue weighted by Crippen LogP contribution is 2.36. The lowest BCUT2D eigenvalue weighted by molar-refractivity contribution is 0.0172. The van der Waals surface area contributed by atoms with E-state index in [9.17, 15) is 5.11 Å². The molecule has 1 N–H and O–H groups in total. The Morgan fingerprint density at radius 1 is 1.27 bits per heavy atom. The molecule has 4 rings (SSSR count). The van der Waals surface area contributed by atoms with Crippen molar-refractivity contribution < 1.29 is 14.6 Å². The molecule has 2 aliphatic rings. The van der Waals surface area contributed by atoms with E-state index in [1.54, 1.807) is 12.3 Å². The molecule has 1 aromatic carbocycles. The van der Waals surface area contributed by atoms with Crippen molar-refractivity contribution in [2.75, 3.05) is 13.2 Å². The number of aliphatic hydroxyl groups is 1. The first-order chi connectivity index (χ1) is 10.8. The average molecular weight is 297 g/mol. The van der Waals surface area contributed by atoms with Gasteiger partial charge in [-0.15, -0.1) is 0 Å². The summed E-state index contributed by atoms with van der Waals surface area (Å²) in [5, 5.41) is 18.9. The lowest BCUT2D eigenvalue weighted by Crippen LogP contribution is -2.30. The zero-order chi connectivity index (χ0) is 15.1. The van der Waals surface area contributed by atoms with E-state index in [4.69, 9.17) is 14.7 Å². The third-order valence-corrected chi connectivity index (χ3v) is 4.28. The van der Waals surface area contributed by atoms with Crippen molar-refractivity contribution in [1.82, 2.24) is 9.55 Å². The molecule has 0 bridgehead atoms. The number of hydrogen-bond acceptors (Lipinski definition) is 5. The highest BCUT2D eigenvalue weighted by molar-refractivity contribution is 5.58. The van der Waals surface area contributed by atoms with Crippen molar-refractivity contribution in [3.05, 3.63) is 42.2 Å². The molecule has 112 valence electrons. The number of hydrogen-bond donors (Lipinski definition) is 1. The summed E-state index contributed by atoms with van der Waals surface area (Å²) in [5.74, 6) is 0.774. The van der Waals surface area contributed by atoms with Crippen LogP contribution in [0.4, 0.5) is 0 Å². The van der Waals surface area contributed by atoms with Gasteiger partial charge in [-0.3, -0.25) is 0 Å². The van der Waals surface area contributed by atoms with E-state index in [1.165, 1.54) is 0 Å². The van der Waals surface area contributed by atoms with Crippen LogP contribution in [0, 0.1) is 11.3 Å². The number of nitrogens with zero attached hydrogens (tertiary/aromatic N) is 3. The Morgan fingerprint density at radius 3 is 3.00 bits per heavy atom. The highest BCUT2D eigenvalue weighted by Gasteiger charge is 2.48. The van der Waals surface area contributed by atoms with Crippen LogP contribution < -0.4 is 0 Å². The van der Waals surface area contributed by atoms with Crippen LogP contribution in [0.5, 0.6) is 0 Å². The number of rotatable bonds is 2. The summed E-state index contributed by atoms with van der Waals surface area (Å²) < 4.78 is 13.4. The first-order valence-corrected chi connectivity index (χ1v) is 7.22. The second-order valence-electron chi connectivity index (χ2n) is 5.58. The minimum absolute atomic E-state index is 0.0228. The second-order valence-corrected chi connectivity index (χ2v) is 5.58. The van der Waals surface area contributed by atoms with E-state index < -0.39 is 6.10 Å². The van der Waals surface area contributed by atoms with Crippen LogP contribution in [0.15, 0.2) is 36.7 Å². The predicted molar refractivity (Wildman–Crippen MR) is 76.9 cm³/mol. The van der Waals surface area contributed by atoms with Gasteiger partial charge in [0.25, 0.3) is 0 Å². The van der Waals surface area contributed by atoms with Crippen molar-refractivity contribution in [3.8, 4) is 17.5 Å². The van der Waals surface area contributed by atoms with E-state index in [0.717, 1.165) is 11.4 Å². The summed E-state index contributed by atoms with van der Waals surface area (Å²) in [6.07, 6.45) is 2.61. The molecule has 0 amide bonds. The SMILES string of the molecule is N#Cc1cccc(-c2nccn2[C@H]2CO[C@H]3[C@@H]2OC[C@H]3O)c1. The molecular formula is C16H15N3O3. The van der Waals surface area contributed by atoms with Crippen LogP contribution in [0.3, 0.4) is 0 Å². The number of fused-ring (bicyclic) bond motifs is 1. The number of aromatic nitrogens is 2.